The van der Waals surface area contributed by atoms with Crippen molar-refractivity contribution in [3.63, 3.8) is 0 Å². The molecule has 0 spiro atoms. The number of hydrogen-bond donors (Lipinski definition) is 3. The molecule has 1 heterocycles. The number of carboxylic acid groups (broad SMARTS) is 1. The monoisotopic (exact) mass is 375 g/mol. The number of rotatable bonds is 5. The first kappa shape index (κ1) is 20.8. The topological polar surface area (TPSA) is 105 Å². The standard InChI is InChI=1S/C19H27N3O2.CH2O2/c1-24-16-8-6-15(7-9-16)22-12-10-14(11-13-22)21-18-5-3-2-4-17(18)19(20)23;2-1-3/h2-3,6-9,14,17-18,21H,4-5,10-13H2,1H3,(H2,20,23);1H,(H,2,3)/t17-,18-;/m1./s1. The molecule has 1 aliphatic carbocycles. The fourth-order valence-corrected chi connectivity index (χ4v) is 3.71. The molecule has 148 valence electrons. The quantitative estimate of drug-likeness (QED) is 0.535. The van der Waals surface area contributed by atoms with Gasteiger partial charge in [-0.25, -0.2) is 0 Å². The fraction of sp³-hybridized carbons (Fsp3) is 0.500. The van der Waals surface area contributed by atoms with E-state index >= 15 is 0 Å². The molecule has 0 saturated carbocycles. The Morgan fingerprint density at radius 2 is 1.81 bits per heavy atom. The van der Waals surface area contributed by atoms with Crippen molar-refractivity contribution in [3.8, 4) is 5.75 Å². The van der Waals surface area contributed by atoms with Crippen molar-refractivity contribution >= 4 is 18.1 Å². The Hall–Kier alpha value is -2.54. The lowest BCUT2D eigenvalue weighted by atomic mass is 9.87. The van der Waals surface area contributed by atoms with Crippen molar-refractivity contribution < 1.29 is 19.4 Å². The molecular formula is C20H29N3O4. The summed E-state index contributed by atoms with van der Waals surface area (Å²) in [5.74, 6) is 0.625. The van der Waals surface area contributed by atoms with Gasteiger partial charge < -0.3 is 25.8 Å². The minimum atomic E-state index is -0.250. The fourth-order valence-electron chi connectivity index (χ4n) is 3.71. The second kappa shape index (κ2) is 10.6. The van der Waals surface area contributed by atoms with E-state index in [0.29, 0.717) is 6.04 Å². The number of nitrogens with two attached hydrogens (primary N) is 1. The van der Waals surface area contributed by atoms with E-state index in [0.717, 1.165) is 44.5 Å². The third-order valence-corrected chi connectivity index (χ3v) is 5.18. The Labute approximate surface area is 160 Å². The van der Waals surface area contributed by atoms with E-state index in [4.69, 9.17) is 20.4 Å². The number of amides is 1. The SMILES string of the molecule is COc1ccc(N2CCC(N[C@@H]3CC=CC[C@H]3C(N)=O)CC2)cc1.O=CO. The maximum atomic E-state index is 11.6. The molecule has 1 fully saturated rings. The zero-order valence-electron chi connectivity index (χ0n) is 15.7. The highest BCUT2D eigenvalue weighted by molar-refractivity contribution is 5.77. The van der Waals surface area contributed by atoms with Gasteiger partial charge in [0.1, 0.15) is 5.75 Å². The highest BCUT2D eigenvalue weighted by atomic mass is 16.5. The largest absolute Gasteiger partial charge is 0.497 e. The molecule has 1 aliphatic heterocycles. The first-order valence-electron chi connectivity index (χ1n) is 9.26. The Kier molecular flexibility index (Phi) is 8.13. The average Bonchev–Trinajstić information content (AvgIpc) is 2.69. The van der Waals surface area contributed by atoms with Crippen LogP contribution < -0.4 is 20.7 Å². The summed E-state index contributed by atoms with van der Waals surface area (Å²) in [6, 6.07) is 8.88. The summed E-state index contributed by atoms with van der Waals surface area (Å²) in [6.07, 6.45) is 8.04. The Morgan fingerprint density at radius 1 is 1.22 bits per heavy atom. The van der Waals surface area contributed by atoms with Gasteiger partial charge in [-0.2, -0.15) is 0 Å². The van der Waals surface area contributed by atoms with Crippen molar-refractivity contribution in [2.24, 2.45) is 11.7 Å². The van der Waals surface area contributed by atoms with Gasteiger partial charge in [0.05, 0.1) is 13.0 Å². The molecule has 1 aromatic carbocycles. The number of carbonyl (C=O) groups is 2. The number of primary amides is 1. The van der Waals surface area contributed by atoms with Gasteiger partial charge in [-0.05, 0) is 49.9 Å². The van der Waals surface area contributed by atoms with Gasteiger partial charge in [0.2, 0.25) is 5.91 Å². The summed E-state index contributed by atoms with van der Waals surface area (Å²) in [5.41, 5.74) is 6.79. The summed E-state index contributed by atoms with van der Waals surface area (Å²) < 4.78 is 5.22. The van der Waals surface area contributed by atoms with Gasteiger partial charge in [-0.3, -0.25) is 9.59 Å². The third kappa shape index (κ3) is 5.99. The highest BCUT2D eigenvalue weighted by Crippen LogP contribution is 2.25. The smallest absolute Gasteiger partial charge is 0.290 e. The van der Waals surface area contributed by atoms with Crippen molar-refractivity contribution in [2.75, 3.05) is 25.1 Å². The number of piperidine rings is 1. The van der Waals surface area contributed by atoms with E-state index < -0.39 is 0 Å². The zero-order chi connectivity index (χ0) is 19.6. The Bertz CT molecular complexity index is 625. The first-order valence-corrected chi connectivity index (χ1v) is 9.26. The van der Waals surface area contributed by atoms with Gasteiger partial charge in [0, 0.05) is 30.9 Å². The number of nitrogens with zero attached hydrogens (tertiary/aromatic N) is 1. The van der Waals surface area contributed by atoms with Gasteiger partial charge in [0.25, 0.3) is 6.47 Å². The molecule has 1 aromatic rings. The van der Waals surface area contributed by atoms with Crippen LogP contribution in [0.15, 0.2) is 36.4 Å². The lowest BCUT2D eigenvalue weighted by Crippen LogP contribution is -2.51. The molecule has 0 bridgehead atoms. The normalized spacial score (nSPS) is 22.5. The van der Waals surface area contributed by atoms with Crippen LogP contribution in [0.25, 0.3) is 0 Å². The molecule has 0 radical (unpaired) electrons. The second-order valence-electron chi connectivity index (χ2n) is 6.79. The predicted molar refractivity (Wildman–Crippen MR) is 105 cm³/mol. The van der Waals surface area contributed by atoms with Crippen molar-refractivity contribution in [3.05, 3.63) is 36.4 Å². The van der Waals surface area contributed by atoms with Crippen LogP contribution in [-0.4, -0.2) is 49.8 Å². The molecule has 7 heteroatoms. The van der Waals surface area contributed by atoms with E-state index in [1.807, 2.05) is 12.1 Å². The number of hydrogen-bond acceptors (Lipinski definition) is 5. The number of carbonyl (C=O) groups excluding carboxylic acids is 1. The minimum absolute atomic E-state index is 0.0744. The molecule has 2 atom stereocenters. The molecule has 3 rings (SSSR count). The maximum Gasteiger partial charge on any atom is 0.290 e. The second-order valence-corrected chi connectivity index (χ2v) is 6.79. The van der Waals surface area contributed by atoms with Crippen LogP contribution in [0.3, 0.4) is 0 Å². The van der Waals surface area contributed by atoms with E-state index in [1.54, 1.807) is 7.11 Å². The Morgan fingerprint density at radius 3 is 2.37 bits per heavy atom. The minimum Gasteiger partial charge on any atom is -0.497 e. The summed E-state index contributed by atoms with van der Waals surface area (Å²) in [5, 5.41) is 10.6. The van der Waals surface area contributed by atoms with Crippen LogP contribution in [0.2, 0.25) is 0 Å². The third-order valence-electron chi connectivity index (χ3n) is 5.18. The van der Waals surface area contributed by atoms with E-state index in [9.17, 15) is 4.79 Å². The molecule has 1 amide bonds. The van der Waals surface area contributed by atoms with Gasteiger partial charge in [-0.15, -0.1) is 0 Å². The molecule has 7 nitrogen and oxygen atoms in total. The summed E-state index contributed by atoms with van der Waals surface area (Å²) in [7, 11) is 1.69. The Balaban J connectivity index is 0.000000817. The van der Waals surface area contributed by atoms with E-state index in [2.05, 4.69) is 34.5 Å². The van der Waals surface area contributed by atoms with Crippen LogP contribution in [0.1, 0.15) is 25.7 Å². The molecular weight excluding hydrogens is 346 g/mol. The number of allylic oxidation sites excluding steroid dienone is 1. The summed E-state index contributed by atoms with van der Waals surface area (Å²) >= 11 is 0. The average molecular weight is 375 g/mol. The van der Waals surface area contributed by atoms with Gasteiger partial charge >= 0.3 is 0 Å². The van der Waals surface area contributed by atoms with Crippen LogP contribution in [0, 0.1) is 5.92 Å². The summed E-state index contributed by atoms with van der Waals surface area (Å²) in [4.78, 5) is 22.4. The molecule has 2 aliphatic rings. The van der Waals surface area contributed by atoms with Crippen molar-refractivity contribution in [1.29, 1.82) is 0 Å². The summed E-state index contributed by atoms with van der Waals surface area (Å²) in [6.45, 7) is 1.79. The van der Waals surface area contributed by atoms with Crippen LogP contribution in [0.4, 0.5) is 5.69 Å². The number of nitrogens with one attached hydrogen (secondary N) is 1. The maximum absolute atomic E-state index is 11.6. The lowest BCUT2D eigenvalue weighted by molar-refractivity contribution is -0.123. The highest BCUT2D eigenvalue weighted by Gasteiger charge is 2.30. The van der Waals surface area contributed by atoms with E-state index in [-0.39, 0.29) is 24.3 Å². The van der Waals surface area contributed by atoms with Crippen LogP contribution >= 0.6 is 0 Å². The number of benzene rings is 1. The van der Waals surface area contributed by atoms with Gasteiger partial charge in [0.15, 0.2) is 0 Å². The number of methoxy groups -OCH3 is 1. The molecule has 4 N–H and O–H groups in total. The molecule has 1 saturated heterocycles. The number of ether oxygens (including phenoxy) is 1. The van der Waals surface area contributed by atoms with Gasteiger partial charge in [-0.1, -0.05) is 12.2 Å². The van der Waals surface area contributed by atoms with Crippen molar-refractivity contribution in [2.45, 2.75) is 37.8 Å². The van der Waals surface area contributed by atoms with Crippen molar-refractivity contribution in [1.82, 2.24) is 5.32 Å². The zero-order valence-corrected chi connectivity index (χ0v) is 15.7. The molecule has 0 unspecified atom stereocenters. The molecule has 0 aromatic heterocycles. The number of anilines is 1. The molecule has 27 heavy (non-hydrogen) atoms. The predicted octanol–water partition coefficient (Wildman–Crippen LogP) is 1.77. The lowest BCUT2D eigenvalue weighted by Gasteiger charge is -2.37. The van der Waals surface area contributed by atoms with Crippen LogP contribution in [-0.2, 0) is 9.59 Å². The first-order chi connectivity index (χ1) is 13.1. The van der Waals surface area contributed by atoms with Crippen LogP contribution in [0.5, 0.6) is 5.75 Å². The van der Waals surface area contributed by atoms with E-state index in [1.165, 1.54) is 5.69 Å².